The molecule has 256 valence electrons. The molecular weight excluding hydrogens is 608 g/mol. The number of Topliss-reactive ketones (excluding diaryl/α,β-unsaturated/α-hetero) is 1. The highest BCUT2D eigenvalue weighted by atomic mass is 16.6. The van der Waals surface area contributed by atoms with Crippen molar-refractivity contribution in [3.05, 3.63) is 71.8 Å². The second-order valence-corrected chi connectivity index (χ2v) is 11.1. The van der Waals surface area contributed by atoms with Crippen LogP contribution in [0, 0.1) is 0 Å². The summed E-state index contributed by atoms with van der Waals surface area (Å²) in [5, 5.41) is 25.2. The third kappa shape index (κ3) is 14.1. The number of ether oxygens (including phenoxy) is 3. The van der Waals surface area contributed by atoms with Crippen LogP contribution in [0.1, 0.15) is 70.4 Å². The van der Waals surface area contributed by atoms with E-state index >= 15 is 0 Å². The highest BCUT2D eigenvalue weighted by molar-refractivity contribution is 5.87. The number of esters is 2. The lowest BCUT2D eigenvalue weighted by Crippen LogP contribution is -2.48. The van der Waals surface area contributed by atoms with Gasteiger partial charge in [0.15, 0.2) is 5.78 Å². The van der Waals surface area contributed by atoms with Crippen molar-refractivity contribution in [1.29, 1.82) is 0 Å². The smallest absolute Gasteiger partial charge is 0.407 e. The number of hydrogen-bond donors (Lipinski definition) is 4. The summed E-state index contributed by atoms with van der Waals surface area (Å²) in [5.74, 6) is -1.25. The van der Waals surface area contributed by atoms with E-state index in [1.165, 1.54) is 19.1 Å². The molecular formula is C35H46N2O10. The lowest BCUT2D eigenvalue weighted by Gasteiger charge is -2.23. The van der Waals surface area contributed by atoms with Gasteiger partial charge in [0.05, 0.1) is 0 Å². The van der Waals surface area contributed by atoms with Crippen molar-refractivity contribution in [2.45, 2.75) is 83.8 Å². The van der Waals surface area contributed by atoms with Crippen molar-refractivity contribution in [2.75, 3.05) is 19.8 Å². The summed E-state index contributed by atoms with van der Waals surface area (Å²) in [4.78, 5) is 61.3. The number of carbonyl (C=O) groups is 5. The Balaban J connectivity index is 1.82. The van der Waals surface area contributed by atoms with E-state index in [0.29, 0.717) is 43.4 Å². The lowest BCUT2D eigenvalue weighted by molar-refractivity contribution is -0.140. The predicted octanol–water partition coefficient (Wildman–Crippen LogP) is 4.09. The number of hydrogen-bond acceptors (Lipinski definition) is 10. The minimum atomic E-state index is -1.30. The first-order valence-electron chi connectivity index (χ1n) is 15.7. The quantitative estimate of drug-likeness (QED) is 0.0704. The number of benzene rings is 2. The average Bonchev–Trinajstić information content (AvgIpc) is 3.05. The molecule has 0 aliphatic carbocycles. The van der Waals surface area contributed by atoms with Gasteiger partial charge in [0, 0.05) is 31.4 Å². The molecule has 2 rings (SSSR count). The van der Waals surface area contributed by atoms with E-state index in [4.69, 9.17) is 14.2 Å². The molecule has 0 unspecified atom stereocenters. The molecule has 0 bridgehead atoms. The normalized spacial score (nSPS) is 11.6. The molecule has 0 saturated carbocycles. The summed E-state index contributed by atoms with van der Waals surface area (Å²) in [6.45, 7) is 8.38. The van der Waals surface area contributed by atoms with E-state index in [1.807, 2.05) is 0 Å². The van der Waals surface area contributed by atoms with Crippen LogP contribution < -0.4 is 15.4 Å². The molecule has 0 saturated heterocycles. The Morgan fingerprint density at radius 1 is 0.872 bits per heavy atom. The zero-order chi connectivity index (χ0) is 34.8. The van der Waals surface area contributed by atoms with Crippen LogP contribution in [-0.4, -0.2) is 71.3 Å². The Hall–Kier alpha value is -4.71. The van der Waals surface area contributed by atoms with Crippen LogP contribution in [0.25, 0.3) is 0 Å². The molecule has 2 aromatic carbocycles. The summed E-state index contributed by atoms with van der Waals surface area (Å²) in [6.07, 6.45) is 1.76. The lowest BCUT2D eigenvalue weighted by atomic mass is 9.89. The van der Waals surface area contributed by atoms with Crippen LogP contribution >= 0.6 is 0 Å². The fraction of sp³-hybridized carbons (Fsp3) is 0.457. The molecule has 0 aliphatic rings. The number of ketones is 1. The van der Waals surface area contributed by atoms with Gasteiger partial charge in [-0.15, -0.1) is 0 Å². The summed E-state index contributed by atoms with van der Waals surface area (Å²) in [5.41, 5.74) is 0.482. The third-order valence-electron chi connectivity index (χ3n) is 7.47. The van der Waals surface area contributed by atoms with Gasteiger partial charge in [-0.25, -0.2) is 9.59 Å². The molecule has 0 radical (unpaired) electrons. The van der Waals surface area contributed by atoms with Crippen molar-refractivity contribution >= 4 is 29.7 Å². The van der Waals surface area contributed by atoms with Crippen molar-refractivity contribution in [1.82, 2.24) is 10.6 Å². The van der Waals surface area contributed by atoms with Gasteiger partial charge < -0.3 is 35.1 Å². The molecule has 0 aliphatic heterocycles. The molecule has 0 fully saturated rings. The molecule has 2 amide bonds. The van der Waals surface area contributed by atoms with E-state index in [-0.39, 0.29) is 56.1 Å². The van der Waals surface area contributed by atoms with E-state index in [9.17, 15) is 34.2 Å². The summed E-state index contributed by atoms with van der Waals surface area (Å²) in [6, 6.07) is 12.1. The zero-order valence-electron chi connectivity index (χ0n) is 27.3. The fourth-order valence-electron chi connectivity index (χ4n) is 4.44. The number of aromatic hydroxyl groups is 1. The van der Waals surface area contributed by atoms with Gasteiger partial charge in [0.1, 0.15) is 36.4 Å². The number of phenolic OH excluding ortho intramolecular Hbond substituents is 1. The molecule has 0 heterocycles. The molecule has 12 heteroatoms. The number of phenols is 1. The molecule has 1 atom stereocenters. The van der Waals surface area contributed by atoms with Crippen LogP contribution in [0.15, 0.2) is 60.7 Å². The fourth-order valence-corrected chi connectivity index (χ4v) is 4.44. The van der Waals surface area contributed by atoms with Crippen molar-refractivity contribution < 1.29 is 48.4 Å². The Labute approximate surface area is 275 Å². The molecule has 47 heavy (non-hydrogen) atoms. The first kappa shape index (κ1) is 38.5. The van der Waals surface area contributed by atoms with Crippen LogP contribution in [0.2, 0.25) is 0 Å². The Morgan fingerprint density at radius 3 is 2.09 bits per heavy atom. The van der Waals surface area contributed by atoms with Gasteiger partial charge >= 0.3 is 18.0 Å². The minimum absolute atomic E-state index is 0.0640. The maximum atomic E-state index is 13.0. The van der Waals surface area contributed by atoms with Crippen molar-refractivity contribution in [2.24, 2.45) is 0 Å². The SMILES string of the molecule is C=C(C)C(=O)OCCOC(=O)N[C@@H](Cc1ccc(O)cc1)C(=O)NCCc1ccc(OC(=O)CCCCC(=O)C(O)(CC)CC)cc1. The largest absolute Gasteiger partial charge is 0.508 e. The third-order valence-corrected chi connectivity index (χ3v) is 7.47. The first-order valence-corrected chi connectivity index (χ1v) is 15.7. The Kier molecular flexibility index (Phi) is 16.1. The second-order valence-electron chi connectivity index (χ2n) is 11.1. The highest BCUT2D eigenvalue weighted by Crippen LogP contribution is 2.20. The van der Waals surface area contributed by atoms with Gasteiger partial charge in [0.2, 0.25) is 5.91 Å². The summed E-state index contributed by atoms with van der Waals surface area (Å²) in [7, 11) is 0. The number of amides is 2. The molecule has 2 aromatic rings. The molecule has 0 aromatic heterocycles. The average molecular weight is 655 g/mol. The number of aliphatic hydroxyl groups is 1. The maximum Gasteiger partial charge on any atom is 0.407 e. The molecule has 0 spiro atoms. The summed E-state index contributed by atoms with van der Waals surface area (Å²) < 4.78 is 15.3. The topological polar surface area (TPSA) is 178 Å². The maximum absolute atomic E-state index is 13.0. The number of unbranched alkanes of at least 4 members (excludes halogenated alkanes) is 1. The van der Waals surface area contributed by atoms with Crippen LogP contribution in [-0.2, 0) is 41.5 Å². The van der Waals surface area contributed by atoms with Gasteiger partial charge in [-0.1, -0.05) is 44.7 Å². The predicted molar refractivity (Wildman–Crippen MR) is 174 cm³/mol. The number of nitrogens with one attached hydrogen (secondary N) is 2. The molecule has 4 N–H and O–H groups in total. The van der Waals surface area contributed by atoms with Crippen molar-refractivity contribution in [3.63, 3.8) is 0 Å². The van der Waals surface area contributed by atoms with Gasteiger partial charge in [-0.2, -0.15) is 0 Å². The highest BCUT2D eigenvalue weighted by Gasteiger charge is 2.30. The van der Waals surface area contributed by atoms with E-state index in [1.54, 1.807) is 50.2 Å². The minimum Gasteiger partial charge on any atom is -0.508 e. The van der Waals surface area contributed by atoms with Gasteiger partial charge in [0.25, 0.3) is 0 Å². The van der Waals surface area contributed by atoms with Gasteiger partial charge in [-0.05, 0) is 74.4 Å². The van der Waals surface area contributed by atoms with E-state index in [0.717, 1.165) is 5.56 Å². The summed E-state index contributed by atoms with van der Waals surface area (Å²) >= 11 is 0. The standard InChI is InChI=1S/C35H46N2O10/c1-5-35(44,6-2)30(39)9-7-8-10-31(40)47-28-17-13-25(14-18-28)19-20-36-32(41)29(23-26-11-15-27(38)16-12-26)37-34(43)46-22-21-45-33(42)24(3)4/h11-18,29,38,44H,3,5-10,19-23H2,1-2,4H3,(H,36,41)(H,37,43)/t29-/m0/s1. The Morgan fingerprint density at radius 2 is 1.47 bits per heavy atom. The van der Waals surface area contributed by atoms with Crippen LogP contribution in [0.3, 0.4) is 0 Å². The monoisotopic (exact) mass is 654 g/mol. The number of alkyl carbamates (subject to hydrolysis) is 1. The molecule has 12 nitrogen and oxygen atoms in total. The van der Waals surface area contributed by atoms with Gasteiger partial charge in [-0.3, -0.25) is 14.4 Å². The van der Waals surface area contributed by atoms with E-state index < -0.39 is 35.6 Å². The zero-order valence-corrected chi connectivity index (χ0v) is 27.3. The van der Waals surface area contributed by atoms with E-state index in [2.05, 4.69) is 17.2 Å². The number of rotatable bonds is 20. The second kappa shape index (κ2) is 19.7. The van der Waals surface area contributed by atoms with Crippen LogP contribution in [0.5, 0.6) is 11.5 Å². The van der Waals surface area contributed by atoms with Crippen LogP contribution in [0.4, 0.5) is 4.79 Å². The first-order chi connectivity index (χ1) is 22.4. The Bertz CT molecular complexity index is 1350. The van der Waals surface area contributed by atoms with Crippen molar-refractivity contribution in [3.8, 4) is 11.5 Å². The number of carbonyl (C=O) groups excluding carboxylic acids is 5.